The molecular weight excluding hydrogens is 584 g/mol. The van der Waals surface area contributed by atoms with Gasteiger partial charge in [0.05, 0.1) is 29.6 Å². The van der Waals surface area contributed by atoms with Gasteiger partial charge in [-0.2, -0.15) is 10.2 Å². The Morgan fingerprint density at radius 1 is 1.11 bits per heavy atom. The highest BCUT2D eigenvalue weighted by molar-refractivity contribution is 5.90. The Balaban J connectivity index is 1.01. The van der Waals surface area contributed by atoms with Crippen LogP contribution in [0.25, 0.3) is 11.0 Å². The molecule has 46 heavy (non-hydrogen) atoms. The van der Waals surface area contributed by atoms with E-state index in [0.29, 0.717) is 19.6 Å². The van der Waals surface area contributed by atoms with Crippen LogP contribution in [0.15, 0.2) is 12.3 Å². The fourth-order valence-electron chi connectivity index (χ4n) is 8.17. The second-order valence-corrected chi connectivity index (χ2v) is 15.1. The molecule has 1 atom stereocenters. The fraction of sp³-hybridized carbons (Fsp3) is 0.676. The van der Waals surface area contributed by atoms with Crippen LogP contribution < -0.4 is 10.2 Å². The molecule has 2 amide bonds. The van der Waals surface area contributed by atoms with Gasteiger partial charge in [-0.15, -0.1) is 0 Å². The molecule has 12 nitrogen and oxygen atoms in total. The van der Waals surface area contributed by atoms with Gasteiger partial charge in [0.25, 0.3) is 5.91 Å². The number of aromatic nitrogens is 5. The van der Waals surface area contributed by atoms with Crippen molar-refractivity contribution in [2.24, 2.45) is 12.5 Å². The number of hydrogen-bond acceptors (Lipinski definition) is 8. The van der Waals surface area contributed by atoms with Gasteiger partial charge in [0.1, 0.15) is 5.60 Å². The summed E-state index contributed by atoms with van der Waals surface area (Å²) in [6.07, 6.45) is 8.03. The molecule has 1 saturated heterocycles. The second-order valence-electron chi connectivity index (χ2n) is 15.1. The molecule has 0 aromatic carbocycles. The molecule has 5 heterocycles. The zero-order valence-corrected chi connectivity index (χ0v) is 28.2. The first kappa shape index (κ1) is 31.0. The van der Waals surface area contributed by atoms with Crippen molar-refractivity contribution >= 4 is 28.7 Å². The van der Waals surface area contributed by atoms with Crippen molar-refractivity contribution < 1.29 is 19.1 Å². The standard InChI is InChI=1S/C34H48N8O4/c1-22-18-27(24-19-35-39(6)28(24)36-22)40-16-8-26-25(20-40)23(2)38-42(26)21-33-9-12-34(13-10-33,14-11-33)37-29(43)30-41(15-7-17-45-30)31(44)46-32(3,4)5/h18-19,30H,7-17,20-21H2,1-6H3,(H,37,43). The number of amides is 2. The van der Waals surface area contributed by atoms with E-state index in [1.54, 1.807) is 0 Å². The summed E-state index contributed by atoms with van der Waals surface area (Å²) in [6, 6.07) is 2.18. The van der Waals surface area contributed by atoms with Crippen LogP contribution in [0.1, 0.15) is 88.4 Å². The molecular formula is C34H48N8O4. The average molecular weight is 633 g/mol. The predicted molar refractivity (Wildman–Crippen MR) is 173 cm³/mol. The Morgan fingerprint density at radius 2 is 1.85 bits per heavy atom. The minimum atomic E-state index is -0.949. The van der Waals surface area contributed by atoms with Crippen LogP contribution >= 0.6 is 0 Å². The zero-order chi connectivity index (χ0) is 32.4. The number of nitrogens with one attached hydrogen (secondary N) is 1. The first-order valence-corrected chi connectivity index (χ1v) is 16.9. The maximum atomic E-state index is 13.6. The van der Waals surface area contributed by atoms with E-state index >= 15 is 0 Å². The van der Waals surface area contributed by atoms with E-state index in [1.165, 1.54) is 21.8 Å². The highest BCUT2D eigenvalue weighted by Gasteiger charge is 2.51. The molecule has 5 aliphatic rings. The zero-order valence-electron chi connectivity index (χ0n) is 28.2. The molecule has 3 aromatic heterocycles. The van der Waals surface area contributed by atoms with Gasteiger partial charge in [0.2, 0.25) is 6.23 Å². The number of anilines is 1. The minimum absolute atomic E-state index is 0.184. The molecule has 12 heteroatoms. The Labute approximate surface area is 270 Å². The van der Waals surface area contributed by atoms with Gasteiger partial charge in [-0.3, -0.25) is 19.1 Å². The smallest absolute Gasteiger partial charge is 0.412 e. The molecule has 3 aromatic rings. The van der Waals surface area contributed by atoms with Crippen molar-refractivity contribution in [3.05, 3.63) is 34.9 Å². The molecule has 1 unspecified atom stereocenters. The summed E-state index contributed by atoms with van der Waals surface area (Å²) in [5.74, 6) is -0.228. The molecule has 3 saturated carbocycles. The third-order valence-corrected chi connectivity index (χ3v) is 10.7. The van der Waals surface area contributed by atoms with Crippen LogP contribution in [0.4, 0.5) is 10.5 Å². The summed E-state index contributed by atoms with van der Waals surface area (Å²) in [7, 11) is 1.94. The quantitative estimate of drug-likeness (QED) is 0.436. The molecule has 8 rings (SSSR count). The lowest BCUT2D eigenvalue weighted by molar-refractivity contribution is -0.156. The Morgan fingerprint density at radius 3 is 2.57 bits per heavy atom. The third kappa shape index (κ3) is 5.62. The first-order chi connectivity index (χ1) is 21.8. The van der Waals surface area contributed by atoms with Crippen molar-refractivity contribution in [1.29, 1.82) is 0 Å². The van der Waals surface area contributed by atoms with Gasteiger partial charge in [-0.1, -0.05) is 0 Å². The van der Waals surface area contributed by atoms with Crippen LogP contribution in [-0.4, -0.2) is 78.5 Å². The topological polar surface area (TPSA) is 120 Å². The maximum absolute atomic E-state index is 13.6. The summed E-state index contributed by atoms with van der Waals surface area (Å²) in [4.78, 5) is 35.1. The van der Waals surface area contributed by atoms with Crippen LogP contribution in [0.2, 0.25) is 0 Å². The van der Waals surface area contributed by atoms with Crippen LogP contribution in [0.3, 0.4) is 0 Å². The first-order valence-electron chi connectivity index (χ1n) is 16.9. The average Bonchev–Trinajstić information content (AvgIpc) is 3.54. The Kier molecular flexibility index (Phi) is 7.57. The van der Waals surface area contributed by atoms with Gasteiger partial charge in [0, 0.05) is 62.1 Å². The summed E-state index contributed by atoms with van der Waals surface area (Å²) < 4.78 is 15.6. The van der Waals surface area contributed by atoms with E-state index in [9.17, 15) is 9.59 Å². The number of hydrogen-bond donors (Lipinski definition) is 1. The number of pyridine rings is 1. The lowest BCUT2D eigenvalue weighted by Crippen LogP contribution is -2.62. The molecule has 4 fully saturated rings. The number of carbonyl (C=O) groups excluding carboxylic acids is 2. The molecule has 2 aliphatic heterocycles. The van der Waals surface area contributed by atoms with Crippen LogP contribution in [-0.2, 0) is 40.8 Å². The highest BCUT2D eigenvalue weighted by Crippen LogP contribution is 2.53. The molecule has 0 radical (unpaired) electrons. The maximum Gasteiger partial charge on any atom is 0.412 e. The second kappa shape index (κ2) is 11.2. The van der Waals surface area contributed by atoms with Crippen LogP contribution in [0, 0.1) is 19.3 Å². The number of carbonyl (C=O) groups is 2. The van der Waals surface area contributed by atoms with E-state index in [1.807, 2.05) is 45.6 Å². The highest BCUT2D eigenvalue weighted by atomic mass is 16.6. The molecule has 0 spiro atoms. The minimum Gasteiger partial charge on any atom is -0.444 e. The number of rotatable bonds is 5. The van der Waals surface area contributed by atoms with Gasteiger partial charge < -0.3 is 19.7 Å². The molecule has 248 valence electrons. The van der Waals surface area contributed by atoms with E-state index in [-0.39, 0.29) is 16.9 Å². The summed E-state index contributed by atoms with van der Waals surface area (Å²) in [5.41, 5.74) is 6.22. The number of fused-ring (bicyclic) bond motifs is 5. The monoisotopic (exact) mass is 632 g/mol. The van der Waals surface area contributed by atoms with Crippen molar-refractivity contribution in [3.63, 3.8) is 0 Å². The molecule has 1 N–H and O–H groups in total. The van der Waals surface area contributed by atoms with Gasteiger partial charge in [-0.05, 0) is 91.0 Å². The van der Waals surface area contributed by atoms with E-state index < -0.39 is 17.9 Å². The molecule has 2 bridgehead atoms. The third-order valence-electron chi connectivity index (χ3n) is 10.7. The summed E-state index contributed by atoms with van der Waals surface area (Å²) in [6.45, 7) is 13.3. The van der Waals surface area contributed by atoms with Gasteiger partial charge in [-0.25, -0.2) is 9.78 Å². The lowest BCUT2D eigenvalue weighted by atomic mass is 9.57. The number of aryl methyl sites for hydroxylation is 3. The summed E-state index contributed by atoms with van der Waals surface area (Å²) >= 11 is 0. The van der Waals surface area contributed by atoms with Crippen LogP contribution in [0.5, 0.6) is 0 Å². The van der Waals surface area contributed by atoms with Gasteiger partial charge >= 0.3 is 6.09 Å². The van der Waals surface area contributed by atoms with Crippen molar-refractivity contribution in [2.45, 2.75) is 116 Å². The van der Waals surface area contributed by atoms with E-state index in [0.717, 1.165) is 87.0 Å². The van der Waals surface area contributed by atoms with E-state index in [4.69, 9.17) is 19.6 Å². The number of nitrogens with zero attached hydrogens (tertiary/aromatic N) is 7. The lowest BCUT2D eigenvalue weighted by Gasteiger charge is -2.54. The number of ether oxygens (including phenoxy) is 2. The van der Waals surface area contributed by atoms with E-state index in [2.05, 4.69) is 33.0 Å². The largest absolute Gasteiger partial charge is 0.444 e. The molecule has 3 aliphatic carbocycles. The van der Waals surface area contributed by atoms with Crippen molar-refractivity contribution in [2.75, 3.05) is 24.6 Å². The predicted octanol–water partition coefficient (Wildman–Crippen LogP) is 4.54. The SMILES string of the molecule is Cc1cc(N2CCc3c(c(C)nn3CC34CCC(NC(=O)C5OCCCN5C(=O)OC(C)(C)C)(CC3)CC4)C2)c2cnn(C)c2n1. The Hall–Kier alpha value is -3.67. The summed E-state index contributed by atoms with van der Waals surface area (Å²) in [5, 5.41) is 14.0. The van der Waals surface area contributed by atoms with Crippen molar-refractivity contribution in [3.8, 4) is 0 Å². The van der Waals surface area contributed by atoms with Crippen molar-refractivity contribution in [1.82, 2.24) is 34.8 Å². The fourth-order valence-corrected chi connectivity index (χ4v) is 8.17. The normalized spacial score (nSPS) is 26.3. The Bertz CT molecular complexity index is 1640. The van der Waals surface area contributed by atoms with Gasteiger partial charge in [0.15, 0.2) is 5.65 Å².